The molecule has 1 saturated heterocycles. The van der Waals surface area contributed by atoms with Gasteiger partial charge in [-0.25, -0.2) is 0 Å². The highest BCUT2D eigenvalue weighted by Gasteiger charge is 2.33. The third-order valence-electron chi connectivity index (χ3n) is 3.01. The molecule has 0 spiro atoms. The van der Waals surface area contributed by atoms with Crippen LogP contribution >= 0.6 is 0 Å². The van der Waals surface area contributed by atoms with Gasteiger partial charge in [-0.3, -0.25) is 0 Å². The summed E-state index contributed by atoms with van der Waals surface area (Å²) in [5, 5.41) is 22.1. The van der Waals surface area contributed by atoms with Crippen LogP contribution < -0.4 is 5.32 Å². The van der Waals surface area contributed by atoms with Crippen LogP contribution in [0.4, 0.5) is 0 Å². The summed E-state index contributed by atoms with van der Waals surface area (Å²) in [4.78, 5) is 0. The topological polar surface area (TPSA) is 61.7 Å². The maximum atomic E-state index is 9.39. The molecular formula is C10H21NO3. The van der Waals surface area contributed by atoms with Crippen LogP contribution in [0, 0.1) is 0 Å². The standard InChI is InChI=1S/C10H21NO3/c1-8(9(2)13)11-10(7-12)3-5-14-6-4-10/h8-9,11-13H,3-7H2,1-2H3. The molecular weight excluding hydrogens is 182 g/mol. The zero-order valence-electron chi connectivity index (χ0n) is 8.99. The maximum absolute atomic E-state index is 9.39. The first kappa shape index (κ1) is 11.9. The van der Waals surface area contributed by atoms with E-state index < -0.39 is 6.10 Å². The molecule has 1 aliphatic rings. The van der Waals surface area contributed by atoms with Crippen molar-refractivity contribution in [3.05, 3.63) is 0 Å². The lowest BCUT2D eigenvalue weighted by atomic mass is 9.89. The van der Waals surface area contributed by atoms with Crippen LogP contribution in [-0.2, 0) is 4.74 Å². The van der Waals surface area contributed by atoms with E-state index in [1.54, 1.807) is 6.92 Å². The molecule has 0 aromatic carbocycles. The zero-order chi connectivity index (χ0) is 10.6. The second-order valence-electron chi connectivity index (χ2n) is 4.22. The number of aliphatic hydroxyl groups excluding tert-OH is 2. The van der Waals surface area contributed by atoms with E-state index in [0.29, 0.717) is 13.2 Å². The molecule has 4 heteroatoms. The lowest BCUT2D eigenvalue weighted by molar-refractivity contribution is -0.00175. The van der Waals surface area contributed by atoms with Gasteiger partial charge in [-0.2, -0.15) is 0 Å². The van der Waals surface area contributed by atoms with Crippen LogP contribution in [0.15, 0.2) is 0 Å². The van der Waals surface area contributed by atoms with Crippen LogP contribution in [0.25, 0.3) is 0 Å². The fourth-order valence-corrected chi connectivity index (χ4v) is 1.71. The molecule has 1 aliphatic heterocycles. The molecule has 4 nitrogen and oxygen atoms in total. The lowest BCUT2D eigenvalue weighted by Crippen LogP contribution is -2.57. The predicted octanol–water partition coefficient (Wildman–Crippen LogP) is -0.113. The van der Waals surface area contributed by atoms with Crippen LogP contribution in [0.2, 0.25) is 0 Å². The Morgan fingerprint density at radius 3 is 2.36 bits per heavy atom. The molecule has 3 N–H and O–H groups in total. The summed E-state index contributed by atoms with van der Waals surface area (Å²) in [5.74, 6) is 0. The highest BCUT2D eigenvalue weighted by atomic mass is 16.5. The van der Waals surface area contributed by atoms with Crippen molar-refractivity contribution >= 4 is 0 Å². The smallest absolute Gasteiger partial charge is 0.0662 e. The molecule has 0 aromatic rings. The molecule has 0 amide bonds. The average molecular weight is 203 g/mol. The zero-order valence-corrected chi connectivity index (χ0v) is 8.99. The van der Waals surface area contributed by atoms with Crippen molar-refractivity contribution in [2.24, 2.45) is 0 Å². The van der Waals surface area contributed by atoms with Crippen molar-refractivity contribution in [2.75, 3.05) is 19.8 Å². The first-order valence-electron chi connectivity index (χ1n) is 5.24. The minimum absolute atomic E-state index is 0.000231. The number of rotatable bonds is 4. The molecule has 1 heterocycles. The number of aliphatic hydroxyl groups is 2. The summed E-state index contributed by atoms with van der Waals surface area (Å²) >= 11 is 0. The molecule has 0 bridgehead atoms. The van der Waals surface area contributed by atoms with Gasteiger partial charge in [0.1, 0.15) is 0 Å². The second kappa shape index (κ2) is 5.07. The Hall–Kier alpha value is -0.160. The van der Waals surface area contributed by atoms with E-state index in [0.717, 1.165) is 12.8 Å². The van der Waals surface area contributed by atoms with Crippen molar-refractivity contribution in [2.45, 2.75) is 44.4 Å². The average Bonchev–Trinajstić information content (AvgIpc) is 2.19. The molecule has 1 rings (SSSR count). The molecule has 2 atom stereocenters. The summed E-state index contributed by atoms with van der Waals surface area (Å²) in [6.07, 6.45) is 1.21. The number of ether oxygens (including phenoxy) is 1. The Morgan fingerprint density at radius 2 is 1.93 bits per heavy atom. The number of nitrogens with one attached hydrogen (secondary N) is 1. The van der Waals surface area contributed by atoms with E-state index in [2.05, 4.69) is 5.32 Å². The predicted molar refractivity (Wildman–Crippen MR) is 54.1 cm³/mol. The van der Waals surface area contributed by atoms with Gasteiger partial charge in [0.15, 0.2) is 0 Å². The highest BCUT2D eigenvalue weighted by Crippen LogP contribution is 2.21. The minimum atomic E-state index is -0.402. The summed E-state index contributed by atoms with van der Waals surface area (Å²) in [6.45, 7) is 5.15. The lowest BCUT2D eigenvalue weighted by Gasteiger charge is -2.39. The molecule has 84 valence electrons. The fraction of sp³-hybridized carbons (Fsp3) is 1.00. The van der Waals surface area contributed by atoms with E-state index in [-0.39, 0.29) is 18.2 Å². The Kier molecular flexibility index (Phi) is 4.31. The molecule has 0 saturated carbocycles. The first-order chi connectivity index (χ1) is 6.59. The van der Waals surface area contributed by atoms with E-state index in [1.165, 1.54) is 0 Å². The molecule has 0 radical (unpaired) electrons. The van der Waals surface area contributed by atoms with Crippen molar-refractivity contribution in [3.63, 3.8) is 0 Å². The van der Waals surface area contributed by atoms with Crippen molar-refractivity contribution in [1.29, 1.82) is 0 Å². The fourth-order valence-electron chi connectivity index (χ4n) is 1.71. The van der Waals surface area contributed by atoms with Gasteiger partial charge in [0.25, 0.3) is 0 Å². The van der Waals surface area contributed by atoms with Gasteiger partial charge in [-0.05, 0) is 26.7 Å². The van der Waals surface area contributed by atoms with Crippen LogP contribution in [-0.4, -0.2) is 47.7 Å². The van der Waals surface area contributed by atoms with Gasteiger partial charge < -0.3 is 20.3 Å². The summed E-state index contributed by atoms with van der Waals surface area (Å²) in [7, 11) is 0. The Morgan fingerprint density at radius 1 is 1.36 bits per heavy atom. The third-order valence-corrected chi connectivity index (χ3v) is 3.01. The Bertz CT molecular complexity index is 167. The van der Waals surface area contributed by atoms with E-state index in [4.69, 9.17) is 4.74 Å². The monoisotopic (exact) mass is 203 g/mol. The van der Waals surface area contributed by atoms with Gasteiger partial charge in [-0.15, -0.1) is 0 Å². The highest BCUT2D eigenvalue weighted by molar-refractivity contribution is 4.92. The normalized spacial score (nSPS) is 25.7. The molecule has 14 heavy (non-hydrogen) atoms. The van der Waals surface area contributed by atoms with Crippen molar-refractivity contribution in [3.8, 4) is 0 Å². The molecule has 1 fully saturated rings. The quantitative estimate of drug-likeness (QED) is 0.596. The largest absolute Gasteiger partial charge is 0.394 e. The molecule has 0 aliphatic carbocycles. The number of hydrogen-bond acceptors (Lipinski definition) is 4. The van der Waals surface area contributed by atoms with E-state index in [9.17, 15) is 10.2 Å². The summed E-state index contributed by atoms with van der Waals surface area (Å²) in [6, 6.07) is 0.000231. The van der Waals surface area contributed by atoms with Crippen LogP contribution in [0.3, 0.4) is 0 Å². The first-order valence-corrected chi connectivity index (χ1v) is 5.24. The minimum Gasteiger partial charge on any atom is -0.394 e. The van der Waals surface area contributed by atoms with E-state index >= 15 is 0 Å². The SMILES string of the molecule is CC(O)C(C)NC1(CO)CCOCC1. The summed E-state index contributed by atoms with van der Waals surface area (Å²) in [5.41, 5.74) is -0.255. The van der Waals surface area contributed by atoms with Crippen LogP contribution in [0.5, 0.6) is 0 Å². The molecule has 0 aromatic heterocycles. The summed E-state index contributed by atoms with van der Waals surface area (Å²) < 4.78 is 5.26. The van der Waals surface area contributed by atoms with Gasteiger partial charge in [0, 0.05) is 24.8 Å². The van der Waals surface area contributed by atoms with E-state index in [1.807, 2.05) is 6.92 Å². The maximum Gasteiger partial charge on any atom is 0.0662 e. The number of hydrogen-bond donors (Lipinski definition) is 3. The van der Waals surface area contributed by atoms with Gasteiger partial charge in [0.05, 0.1) is 12.7 Å². The third kappa shape index (κ3) is 2.92. The van der Waals surface area contributed by atoms with Gasteiger partial charge in [0.2, 0.25) is 0 Å². The van der Waals surface area contributed by atoms with Crippen molar-refractivity contribution < 1.29 is 14.9 Å². The molecule has 2 unspecified atom stereocenters. The Labute approximate surface area is 85.3 Å². The van der Waals surface area contributed by atoms with Crippen molar-refractivity contribution in [1.82, 2.24) is 5.32 Å². The van der Waals surface area contributed by atoms with Gasteiger partial charge >= 0.3 is 0 Å². The Balaban J connectivity index is 2.51. The van der Waals surface area contributed by atoms with Gasteiger partial charge in [-0.1, -0.05) is 0 Å². The van der Waals surface area contributed by atoms with Crippen LogP contribution in [0.1, 0.15) is 26.7 Å². The second-order valence-corrected chi connectivity index (χ2v) is 4.22.